The van der Waals surface area contributed by atoms with E-state index in [1.54, 1.807) is 0 Å². The minimum absolute atomic E-state index is 0.156. The smallest absolute Gasteiger partial charge is 0.109 e. The Morgan fingerprint density at radius 3 is 3.07 bits per heavy atom. The molecule has 14 heavy (non-hydrogen) atoms. The highest BCUT2D eigenvalue weighted by molar-refractivity contribution is 9.10. The second-order valence-electron chi connectivity index (χ2n) is 4.57. The third kappa shape index (κ3) is 1.24. The molecule has 3 rings (SSSR count). The summed E-state index contributed by atoms with van der Waals surface area (Å²) >= 11 is 3.51. The van der Waals surface area contributed by atoms with Gasteiger partial charge in [0.2, 0.25) is 0 Å². The Labute approximate surface area is 91.8 Å². The third-order valence-corrected chi connectivity index (χ3v) is 4.29. The number of rotatable bonds is 1. The van der Waals surface area contributed by atoms with E-state index in [9.17, 15) is 0 Å². The summed E-state index contributed by atoms with van der Waals surface area (Å²) in [6.07, 6.45) is 6.58. The van der Waals surface area contributed by atoms with Crippen LogP contribution in [0.5, 0.6) is 0 Å². The second kappa shape index (κ2) is 2.83. The van der Waals surface area contributed by atoms with Gasteiger partial charge in [0, 0.05) is 18.5 Å². The quantitative estimate of drug-likeness (QED) is 0.831. The van der Waals surface area contributed by atoms with Gasteiger partial charge in [-0.3, -0.25) is 0 Å². The summed E-state index contributed by atoms with van der Waals surface area (Å²) in [6, 6.07) is 0. The summed E-state index contributed by atoms with van der Waals surface area (Å²) in [5.41, 5.74) is 6.39. The second-order valence-corrected chi connectivity index (χ2v) is 5.38. The molecule has 76 valence electrons. The molecule has 0 bridgehead atoms. The van der Waals surface area contributed by atoms with Crippen LogP contribution < -0.4 is 5.73 Å². The van der Waals surface area contributed by atoms with Crippen LogP contribution in [0, 0.1) is 5.92 Å². The van der Waals surface area contributed by atoms with E-state index >= 15 is 0 Å². The summed E-state index contributed by atoms with van der Waals surface area (Å²) < 4.78 is 3.36. The summed E-state index contributed by atoms with van der Waals surface area (Å²) in [5.74, 6) is 1.86. The van der Waals surface area contributed by atoms with Crippen molar-refractivity contribution in [3.63, 3.8) is 0 Å². The normalized spacial score (nSPS) is 28.6. The maximum absolute atomic E-state index is 6.24. The molecule has 1 atom stereocenters. The van der Waals surface area contributed by atoms with Crippen molar-refractivity contribution in [3.8, 4) is 0 Å². The number of imidazole rings is 1. The van der Waals surface area contributed by atoms with Crippen molar-refractivity contribution in [2.45, 2.75) is 37.8 Å². The summed E-state index contributed by atoms with van der Waals surface area (Å²) in [4.78, 5) is 4.41. The monoisotopic (exact) mass is 255 g/mol. The van der Waals surface area contributed by atoms with Crippen molar-refractivity contribution >= 4 is 15.9 Å². The van der Waals surface area contributed by atoms with E-state index in [2.05, 4.69) is 25.5 Å². The molecular weight excluding hydrogens is 242 g/mol. The standard InChI is InChI=1S/C10H14BrN3/c11-8-6-13-9-5-7(1-4-14(8)9)10(12)2-3-10/h6-7H,1-5,12H2. The Balaban J connectivity index is 1.87. The number of nitrogens with zero attached hydrogens (tertiary/aromatic N) is 2. The molecule has 1 aliphatic heterocycles. The number of fused-ring (bicyclic) bond motifs is 1. The zero-order chi connectivity index (χ0) is 9.76. The summed E-state index contributed by atoms with van der Waals surface area (Å²) in [5, 5.41) is 0. The van der Waals surface area contributed by atoms with Crippen LogP contribution >= 0.6 is 15.9 Å². The summed E-state index contributed by atoms with van der Waals surface area (Å²) in [6.45, 7) is 1.07. The van der Waals surface area contributed by atoms with E-state index in [4.69, 9.17) is 5.73 Å². The topological polar surface area (TPSA) is 43.8 Å². The van der Waals surface area contributed by atoms with Crippen LogP contribution in [0.25, 0.3) is 0 Å². The predicted molar refractivity (Wildman–Crippen MR) is 57.9 cm³/mol. The average molecular weight is 256 g/mol. The molecule has 0 saturated heterocycles. The number of halogens is 1. The van der Waals surface area contributed by atoms with E-state index in [-0.39, 0.29) is 5.54 Å². The number of aromatic nitrogens is 2. The van der Waals surface area contributed by atoms with Gasteiger partial charge in [-0.1, -0.05) is 0 Å². The van der Waals surface area contributed by atoms with Crippen molar-refractivity contribution in [2.24, 2.45) is 11.7 Å². The lowest BCUT2D eigenvalue weighted by Gasteiger charge is -2.28. The van der Waals surface area contributed by atoms with Crippen LogP contribution in [-0.2, 0) is 13.0 Å². The molecule has 1 unspecified atom stereocenters. The largest absolute Gasteiger partial charge is 0.325 e. The Hall–Kier alpha value is -0.350. The lowest BCUT2D eigenvalue weighted by atomic mass is 9.88. The van der Waals surface area contributed by atoms with E-state index in [1.807, 2.05) is 6.20 Å². The molecule has 1 fully saturated rings. The van der Waals surface area contributed by atoms with Crippen LogP contribution in [0.2, 0.25) is 0 Å². The van der Waals surface area contributed by atoms with E-state index in [0.717, 1.165) is 17.6 Å². The van der Waals surface area contributed by atoms with Crippen LogP contribution in [0.4, 0.5) is 0 Å². The molecule has 0 amide bonds. The number of nitrogens with two attached hydrogens (primary N) is 1. The fourth-order valence-corrected chi connectivity index (χ4v) is 2.92. The fourth-order valence-electron chi connectivity index (χ4n) is 2.44. The molecular formula is C10H14BrN3. The Kier molecular flexibility index (Phi) is 1.80. The van der Waals surface area contributed by atoms with Crippen LogP contribution in [0.1, 0.15) is 25.1 Å². The zero-order valence-electron chi connectivity index (χ0n) is 8.04. The first kappa shape index (κ1) is 8.92. The van der Waals surface area contributed by atoms with Crippen LogP contribution in [0.3, 0.4) is 0 Å². The van der Waals surface area contributed by atoms with Gasteiger partial charge in [-0.15, -0.1) is 0 Å². The van der Waals surface area contributed by atoms with E-state index in [0.29, 0.717) is 5.92 Å². The minimum atomic E-state index is 0.156. The van der Waals surface area contributed by atoms with Gasteiger partial charge in [0.15, 0.2) is 0 Å². The minimum Gasteiger partial charge on any atom is -0.325 e. The molecule has 2 heterocycles. The fraction of sp³-hybridized carbons (Fsp3) is 0.700. The van der Waals surface area contributed by atoms with E-state index < -0.39 is 0 Å². The zero-order valence-corrected chi connectivity index (χ0v) is 9.63. The molecule has 0 radical (unpaired) electrons. The highest BCUT2D eigenvalue weighted by Gasteiger charge is 2.46. The van der Waals surface area contributed by atoms with Crippen molar-refractivity contribution in [3.05, 3.63) is 16.6 Å². The number of hydrogen-bond acceptors (Lipinski definition) is 2. The lowest BCUT2D eigenvalue weighted by molar-refractivity contribution is 0.310. The Bertz CT molecular complexity index is 367. The van der Waals surface area contributed by atoms with Gasteiger partial charge in [-0.2, -0.15) is 0 Å². The third-order valence-electron chi connectivity index (χ3n) is 3.66. The Morgan fingerprint density at radius 2 is 2.36 bits per heavy atom. The molecule has 2 aliphatic rings. The van der Waals surface area contributed by atoms with Gasteiger partial charge in [-0.25, -0.2) is 4.98 Å². The van der Waals surface area contributed by atoms with Gasteiger partial charge >= 0.3 is 0 Å². The van der Waals surface area contributed by atoms with Gasteiger partial charge in [-0.05, 0) is 41.1 Å². The van der Waals surface area contributed by atoms with Crippen molar-refractivity contribution < 1.29 is 0 Å². The number of hydrogen-bond donors (Lipinski definition) is 1. The molecule has 1 aromatic rings. The van der Waals surface area contributed by atoms with Crippen molar-refractivity contribution in [2.75, 3.05) is 0 Å². The van der Waals surface area contributed by atoms with E-state index in [1.165, 1.54) is 25.1 Å². The Morgan fingerprint density at radius 1 is 1.57 bits per heavy atom. The first-order chi connectivity index (χ1) is 6.69. The molecule has 1 aromatic heterocycles. The first-order valence-electron chi connectivity index (χ1n) is 5.18. The first-order valence-corrected chi connectivity index (χ1v) is 5.97. The maximum atomic E-state index is 6.24. The van der Waals surface area contributed by atoms with Crippen LogP contribution in [0.15, 0.2) is 10.8 Å². The van der Waals surface area contributed by atoms with Gasteiger partial charge in [0.05, 0.1) is 6.20 Å². The SMILES string of the molecule is NC1(C2CCn3c(Br)cnc3C2)CC1. The average Bonchev–Trinajstić information content (AvgIpc) is 2.84. The van der Waals surface area contributed by atoms with Crippen LogP contribution in [-0.4, -0.2) is 15.1 Å². The maximum Gasteiger partial charge on any atom is 0.109 e. The molecule has 2 N–H and O–H groups in total. The molecule has 0 aromatic carbocycles. The summed E-state index contributed by atoms with van der Waals surface area (Å²) in [7, 11) is 0. The molecule has 1 saturated carbocycles. The van der Waals surface area contributed by atoms with Gasteiger partial charge < -0.3 is 10.3 Å². The molecule has 0 spiro atoms. The van der Waals surface area contributed by atoms with Gasteiger partial charge in [0.1, 0.15) is 10.4 Å². The highest BCUT2D eigenvalue weighted by atomic mass is 79.9. The molecule has 1 aliphatic carbocycles. The lowest BCUT2D eigenvalue weighted by Crippen LogP contribution is -2.37. The molecule has 4 heteroatoms. The predicted octanol–water partition coefficient (Wildman–Crippen LogP) is 1.70. The highest BCUT2D eigenvalue weighted by Crippen LogP contribution is 2.44. The van der Waals surface area contributed by atoms with Crippen molar-refractivity contribution in [1.29, 1.82) is 0 Å². The van der Waals surface area contributed by atoms with Crippen molar-refractivity contribution in [1.82, 2.24) is 9.55 Å². The van der Waals surface area contributed by atoms with Gasteiger partial charge in [0.25, 0.3) is 0 Å². The molecule has 3 nitrogen and oxygen atoms in total.